The predicted molar refractivity (Wildman–Crippen MR) is 90.2 cm³/mol. The molecule has 1 aliphatic heterocycles. The van der Waals surface area contributed by atoms with Crippen molar-refractivity contribution in [1.29, 1.82) is 0 Å². The Morgan fingerprint density at radius 1 is 1.21 bits per heavy atom. The minimum atomic E-state index is 0.156. The summed E-state index contributed by atoms with van der Waals surface area (Å²) in [4.78, 5) is 14.4. The van der Waals surface area contributed by atoms with Crippen LogP contribution in [0.5, 0.6) is 11.5 Å². The van der Waals surface area contributed by atoms with Crippen molar-refractivity contribution in [3.05, 3.63) is 41.2 Å². The highest BCUT2D eigenvalue weighted by molar-refractivity contribution is 5.76. The third kappa shape index (κ3) is 3.37. The van der Waals surface area contributed by atoms with Gasteiger partial charge in [0.05, 0.1) is 20.4 Å². The Balaban J connectivity index is 1.66. The summed E-state index contributed by atoms with van der Waals surface area (Å²) in [6.45, 7) is 3.96. The largest absolute Gasteiger partial charge is 0.493 e. The molecule has 24 heavy (non-hydrogen) atoms. The summed E-state index contributed by atoms with van der Waals surface area (Å²) in [6.07, 6.45) is 5.06. The number of carbonyl (C=O) groups is 1. The number of carbonyl (C=O) groups excluding carboxylic acids is 1. The molecule has 0 saturated carbocycles. The molecule has 0 saturated heterocycles. The first-order chi connectivity index (χ1) is 11.6. The zero-order valence-electron chi connectivity index (χ0n) is 14.4. The van der Waals surface area contributed by atoms with Crippen LogP contribution in [0.15, 0.2) is 24.5 Å². The molecule has 0 N–H and O–H groups in total. The molecule has 0 spiro atoms. The number of methoxy groups -OCH3 is 2. The van der Waals surface area contributed by atoms with Gasteiger partial charge in [0.1, 0.15) is 0 Å². The molecule has 1 aliphatic rings. The van der Waals surface area contributed by atoms with Crippen LogP contribution >= 0.6 is 0 Å². The Labute approximate surface area is 142 Å². The average Bonchev–Trinajstić information content (AvgIpc) is 3.03. The summed E-state index contributed by atoms with van der Waals surface area (Å²) in [6, 6.07) is 3.99. The van der Waals surface area contributed by atoms with Crippen LogP contribution in [0, 0.1) is 6.92 Å². The van der Waals surface area contributed by atoms with Crippen molar-refractivity contribution in [2.75, 3.05) is 20.8 Å². The van der Waals surface area contributed by atoms with E-state index in [1.54, 1.807) is 20.4 Å². The molecule has 1 aromatic heterocycles. The van der Waals surface area contributed by atoms with Crippen LogP contribution in [0.2, 0.25) is 0 Å². The maximum atomic E-state index is 12.5. The quantitative estimate of drug-likeness (QED) is 0.844. The molecule has 0 bridgehead atoms. The molecule has 0 aliphatic carbocycles. The number of hydrogen-bond acceptors (Lipinski definition) is 4. The monoisotopic (exact) mass is 329 g/mol. The van der Waals surface area contributed by atoms with Gasteiger partial charge in [0.2, 0.25) is 5.91 Å². The molecular formula is C18H23N3O3. The van der Waals surface area contributed by atoms with E-state index in [9.17, 15) is 4.79 Å². The van der Waals surface area contributed by atoms with E-state index < -0.39 is 0 Å². The fourth-order valence-electron chi connectivity index (χ4n) is 3.05. The van der Waals surface area contributed by atoms with Crippen molar-refractivity contribution >= 4 is 5.91 Å². The Kier molecular flexibility index (Phi) is 4.74. The van der Waals surface area contributed by atoms with Crippen LogP contribution in [-0.2, 0) is 24.3 Å². The lowest BCUT2D eigenvalue weighted by Gasteiger charge is -2.29. The van der Waals surface area contributed by atoms with E-state index in [1.165, 1.54) is 5.56 Å². The molecule has 0 fully saturated rings. The number of amides is 1. The Morgan fingerprint density at radius 3 is 2.54 bits per heavy atom. The van der Waals surface area contributed by atoms with Gasteiger partial charge in [-0.3, -0.25) is 9.48 Å². The third-order valence-electron chi connectivity index (χ3n) is 4.39. The molecular weight excluding hydrogens is 306 g/mol. The van der Waals surface area contributed by atoms with Gasteiger partial charge >= 0.3 is 0 Å². The van der Waals surface area contributed by atoms with E-state index in [2.05, 4.69) is 5.10 Å². The molecule has 2 aromatic rings. The van der Waals surface area contributed by atoms with E-state index >= 15 is 0 Å². The van der Waals surface area contributed by atoms with E-state index in [0.29, 0.717) is 25.3 Å². The molecule has 6 nitrogen and oxygen atoms in total. The minimum Gasteiger partial charge on any atom is -0.493 e. The maximum absolute atomic E-state index is 12.5. The van der Waals surface area contributed by atoms with Crippen LogP contribution in [-0.4, -0.2) is 41.4 Å². The second kappa shape index (κ2) is 6.95. The lowest BCUT2D eigenvalue weighted by atomic mass is 9.98. The van der Waals surface area contributed by atoms with Gasteiger partial charge < -0.3 is 14.4 Å². The van der Waals surface area contributed by atoms with E-state index in [0.717, 1.165) is 29.8 Å². The zero-order chi connectivity index (χ0) is 17.1. The molecule has 6 heteroatoms. The van der Waals surface area contributed by atoms with Crippen molar-refractivity contribution in [1.82, 2.24) is 14.7 Å². The van der Waals surface area contributed by atoms with Crippen LogP contribution in [0.4, 0.5) is 0 Å². The van der Waals surface area contributed by atoms with Gasteiger partial charge in [-0.25, -0.2) is 0 Å². The topological polar surface area (TPSA) is 56.6 Å². The molecule has 0 unspecified atom stereocenters. The summed E-state index contributed by atoms with van der Waals surface area (Å²) in [5, 5.41) is 4.23. The van der Waals surface area contributed by atoms with Gasteiger partial charge in [0.15, 0.2) is 11.5 Å². The molecule has 1 aromatic carbocycles. The lowest BCUT2D eigenvalue weighted by Crippen LogP contribution is -2.36. The van der Waals surface area contributed by atoms with Crippen molar-refractivity contribution in [2.45, 2.75) is 32.9 Å². The van der Waals surface area contributed by atoms with Gasteiger partial charge in [-0.2, -0.15) is 5.10 Å². The van der Waals surface area contributed by atoms with E-state index in [-0.39, 0.29) is 5.91 Å². The van der Waals surface area contributed by atoms with Gasteiger partial charge in [-0.05, 0) is 42.2 Å². The number of aromatic nitrogens is 2. The fourth-order valence-corrected chi connectivity index (χ4v) is 3.05. The highest BCUT2D eigenvalue weighted by Gasteiger charge is 2.22. The first-order valence-corrected chi connectivity index (χ1v) is 8.11. The van der Waals surface area contributed by atoms with Crippen LogP contribution in [0.1, 0.15) is 23.1 Å². The first kappa shape index (κ1) is 16.4. The van der Waals surface area contributed by atoms with Crippen LogP contribution in [0.3, 0.4) is 0 Å². The van der Waals surface area contributed by atoms with Crippen LogP contribution < -0.4 is 9.47 Å². The number of benzene rings is 1. The number of aryl methyl sites for hydroxylation is 2. The Morgan fingerprint density at radius 2 is 1.92 bits per heavy atom. The summed E-state index contributed by atoms with van der Waals surface area (Å²) in [5.41, 5.74) is 3.46. The lowest BCUT2D eigenvalue weighted by molar-refractivity contribution is -0.132. The molecule has 2 heterocycles. The smallest absolute Gasteiger partial charge is 0.224 e. The third-order valence-corrected chi connectivity index (χ3v) is 4.39. The number of hydrogen-bond donors (Lipinski definition) is 0. The Hall–Kier alpha value is -2.50. The fraction of sp³-hybridized carbons (Fsp3) is 0.444. The maximum Gasteiger partial charge on any atom is 0.224 e. The van der Waals surface area contributed by atoms with Crippen molar-refractivity contribution in [3.63, 3.8) is 0 Å². The highest BCUT2D eigenvalue weighted by Crippen LogP contribution is 2.33. The zero-order valence-corrected chi connectivity index (χ0v) is 14.4. The first-order valence-electron chi connectivity index (χ1n) is 8.11. The second-order valence-electron chi connectivity index (χ2n) is 6.07. The average molecular weight is 329 g/mol. The molecule has 0 atom stereocenters. The summed E-state index contributed by atoms with van der Waals surface area (Å²) in [5.74, 6) is 1.60. The molecule has 1 amide bonds. The van der Waals surface area contributed by atoms with Crippen LogP contribution in [0.25, 0.3) is 0 Å². The normalized spacial score (nSPS) is 13.5. The van der Waals surface area contributed by atoms with Crippen molar-refractivity contribution < 1.29 is 14.3 Å². The molecule has 128 valence electrons. The summed E-state index contributed by atoms with van der Waals surface area (Å²) < 4.78 is 12.5. The summed E-state index contributed by atoms with van der Waals surface area (Å²) >= 11 is 0. The van der Waals surface area contributed by atoms with E-state index in [4.69, 9.17) is 9.47 Å². The number of ether oxygens (including phenoxy) is 2. The SMILES string of the molecule is COc1cc2c(cc1OC)CN(C(=O)CCn1cc(C)cn1)CC2. The van der Waals surface area contributed by atoms with Gasteiger partial charge in [-0.15, -0.1) is 0 Å². The molecule has 3 rings (SSSR count). The minimum absolute atomic E-state index is 0.156. The van der Waals surface area contributed by atoms with Gasteiger partial charge in [0, 0.05) is 32.3 Å². The number of rotatable bonds is 5. The van der Waals surface area contributed by atoms with Crippen molar-refractivity contribution in [2.24, 2.45) is 0 Å². The van der Waals surface area contributed by atoms with Crippen molar-refractivity contribution in [3.8, 4) is 11.5 Å². The predicted octanol–water partition coefficient (Wildman–Crippen LogP) is 2.18. The summed E-state index contributed by atoms with van der Waals surface area (Å²) in [7, 11) is 3.27. The number of fused-ring (bicyclic) bond motifs is 1. The second-order valence-corrected chi connectivity index (χ2v) is 6.07. The molecule has 0 radical (unpaired) electrons. The van der Waals surface area contributed by atoms with E-state index in [1.807, 2.05) is 34.8 Å². The van der Waals surface area contributed by atoms with Gasteiger partial charge in [0.25, 0.3) is 0 Å². The van der Waals surface area contributed by atoms with Gasteiger partial charge in [-0.1, -0.05) is 0 Å². The highest BCUT2D eigenvalue weighted by atomic mass is 16.5. The number of nitrogens with zero attached hydrogens (tertiary/aromatic N) is 3. The standard InChI is InChI=1S/C18H23N3O3/c1-13-10-19-21(11-13)7-5-18(22)20-6-4-14-8-16(23-2)17(24-3)9-15(14)12-20/h8-11H,4-7,12H2,1-3H3. The Bertz CT molecular complexity index is 739.